The van der Waals surface area contributed by atoms with Crippen LogP contribution in [0, 0.1) is 5.82 Å². The topological polar surface area (TPSA) is 41.9 Å². The molecule has 0 radical (unpaired) electrons. The van der Waals surface area contributed by atoms with Crippen LogP contribution in [0.4, 0.5) is 4.39 Å². The number of hydrogen-bond donors (Lipinski definition) is 0. The van der Waals surface area contributed by atoms with E-state index < -0.39 is 11.7 Å². The van der Waals surface area contributed by atoms with Gasteiger partial charge in [-0.1, -0.05) is 12.1 Å². The van der Waals surface area contributed by atoms with Gasteiger partial charge in [-0.3, -0.25) is 4.79 Å². The standard InChI is InChI=1S/C15H19FN2O2/c1-11(2)20-15(18-9-5-6-10-18)17-14(19)12-7-3-4-8-13(12)16/h3-4,7-8,11H,5-6,9-10H2,1-2H3. The molecular weight excluding hydrogens is 259 g/mol. The van der Waals surface area contributed by atoms with Crippen molar-refractivity contribution in [3.8, 4) is 0 Å². The van der Waals surface area contributed by atoms with Crippen LogP contribution in [0.3, 0.4) is 0 Å². The van der Waals surface area contributed by atoms with Gasteiger partial charge >= 0.3 is 0 Å². The van der Waals surface area contributed by atoms with Gasteiger partial charge in [0.05, 0.1) is 11.7 Å². The van der Waals surface area contributed by atoms with Gasteiger partial charge < -0.3 is 9.64 Å². The van der Waals surface area contributed by atoms with Crippen molar-refractivity contribution in [2.75, 3.05) is 13.1 Å². The summed E-state index contributed by atoms with van der Waals surface area (Å²) in [4.78, 5) is 18.0. The summed E-state index contributed by atoms with van der Waals surface area (Å²) in [6.45, 7) is 5.38. The summed E-state index contributed by atoms with van der Waals surface area (Å²) in [6.07, 6.45) is 2.02. The molecule has 20 heavy (non-hydrogen) atoms. The summed E-state index contributed by atoms with van der Waals surface area (Å²) in [6, 6.07) is 6.14. The number of aliphatic imine (C=N–C) groups is 1. The van der Waals surface area contributed by atoms with Gasteiger partial charge in [-0.2, -0.15) is 4.99 Å². The molecule has 1 saturated heterocycles. The summed E-state index contributed by atoms with van der Waals surface area (Å²) in [5.41, 5.74) is -0.0310. The van der Waals surface area contributed by atoms with Crippen LogP contribution in [0.2, 0.25) is 0 Å². The number of halogens is 1. The molecule has 0 atom stereocenters. The number of carbonyl (C=O) groups excluding carboxylic acids is 1. The summed E-state index contributed by atoms with van der Waals surface area (Å²) in [5.74, 6) is -1.17. The van der Waals surface area contributed by atoms with Crippen molar-refractivity contribution in [3.63, 3.8) is 0 Å². The summed E-state index contributed by atoms with van der Waals surface area (Å²) in [7, 11) is 0. The Morgan fingerprint density at radius 2 is 1.95 bits per heavy atom. The molecule has 4 nitrogen and oxygen atoms in total. The Bertz CT molecular complexity index is 508. The number of carbonyl (C=O) groups is 1. The van der Waals surface area contributed by atoms with E-state index in [1.165, 1.54) is 12.1 Å². The van der Waals surface area contributed by atoms with Crippen LogP contribution >= 0.6 is 0 Å². The summed E-state index contributed by atoms with van der Waals surface area (Å²) < 4.78 is 19.2. The molecule has 5 heteroatoms. The van der Waals surface area contributed by atoms with Gasteiger partial charge in [-0.15, -0.1) is 0 Å². The lowest BCUT2D eigenvalue weighted by molar-refractivity contribution is 0.0986. The molecule has 1 aromatic carbocycles. The molecule has 0 aliphatic carbocycles. The molecule has 0 unspecified atom stereocenters. The van der Waals surface area contributed by atoms with Gasteiger partial charge in [0.15, 0.2) is 0 Å². The highest BCUT2D eigenvalue weighted by Crippen LogP contribution is 2.13. The third-order valence-corrected chi connectivity index (χ3v) is 3.02. The van der Waals surface area contributed by atoms with E-state index in [0.717, 1.165) is 25.9 Å². The molecule has 1 aliphatic rings. The maximum atomic E-state index is 13.6. The highest BCUT2D eigenvalue weighted by molar-refractivity contribution is 6.01. The molecule has 1 fully saturated rings. The molecule has 1 heterocycles. The van der Waals surface area contributed by atoms with Gasteiger partial charge in [-0.25, -0.2) is 4.39 Å². The lowest BCUT2D eigenvalue weighted by Gasteiger charge is -2.21. The number of amidine groups is 1. The number of likely N-dealkylation sites (tertiary alicyclic amines) is 1. The molecule has 0 spiro atoms. The first-order chi connectivity index (χ1) is 9.58. The zero-order valence-corrected chi connectivity index (χ0v) is 11.8. The highest BCUT2D eigenvalue weighted by Gasteiger charge is 2.21. The van der Waals surface area contributed by atoms with Gasteiger partial charge in [0, 0.05) is 13.1 Å². The third-order valence-electron chi connectivity index (χ3n) is 3.02. The summed E-state index contributed by atoms with van der Waals surface area (Å²) in [5, 5.41) is 0. The van der Waals surface area contributed by atoms with Crippen LogP contribution in [0.1, 0.15) is 37.0 Å². The fourth-order valence-corrected chi connectivity index (χ4v) is 2.07. The molecule has 2 rings (SSSR count). The average Bonchev–Trinajstić information content (AvgIpc) is 2.91. The maximum absolute atomic E-state index is 13.6. The van der Waals surface area contributed by atoms with Crippen LogP contribution in [-0.4, -0.2) is 36.0 Å². The predicted octanol–water partition coefficient (Wildman–Crippen LogP) is 2.84. The van der Waals surface area contributed by atoms with Crippen LogP contribution in [0.5, 0.6) is 0 Å². The fraction of sp³-hybridized carbons (Fsp3) is 0.467. The van der Waals surface area contributed by atoms with Crippen molar-refractivity contribution >= 4 is 11.9 Å². The maximum Gasteiger partial charge on any atom is 0.295 e. The minimum Gasteiger partial charge on any atom is -0.462 e. The molecule has 1 aliphatic heterocycles. The molecule has 0 N–H and O–H groups in total. The number of hydrogen-bond acceptors (Lipinski definition) is 2. The monoisotopic (exact) mass is 278 g/mol. The largest absolute Gasteiger partial charge is 0.462 e. The van der Waals surface area contributed by atoms with Crippen molar-refractivity contribution in [2.24, 2.45) is 4.99 Å². The highest BCUT2D eigenvalue weighted by atomic mass is 19.1. The van der Waals surface area contributed by atoms with Gasteiger partial charge in [0.2, 0.25) is 0 Å². The average molecular weight is 278 g/mol. The van der Waals surface area contributed by atoms with Crippen molar-refractivity contribution in [2.45, 2.75) is 32.8 Å². The Hall–Kier alpha value is -1.91. The summed E-state index contributed by atoms with van der Waals surface area (Å²) >= 11 is 0. The van der Waals surface area contributed by atoms with Crippen molar-refractivity contribution in [1.29, 1.82) is 0 Å². The predicted molar refractivity (Wildman–Crippen MR) is 75.2 cm³/mol. The Morgan fingerprint density at radius 1 is 1.30 bits per heavy atom. The lowest BCUT2D eigenvalue weighted by Crippen LogP contribution is -2.33. The first kappa shape index (κ1) is 14.5. The van der Waals surface area contributed by atoms with Crippen molar-refractivity contribution in [3.05, 3.63) is 35.6 Å². The van der Waals surface area contributed by atoms with E-state index in [1.54, 1.807) is 12.1 Å². The lowest BCUT2D eigenvalue weighted by atomic mass is 10.2. The number of benzene rings is 1. The number of rotatable bonds is 2. The molecule has 1 amide bonds. The second-order valence-corrected chi connectivity index (χ2v) is 5.04. The van der Waals surface area contributed by atoms with Crippen molar-refractivity contribution < 1.29 is 13.9 Å². The Labute approximate surface area is 118 Å². The van der Waals surface area contributed by atoms with E-state index in [9.17, 15) is 9.18 Å². The van der Waals surface area contributed by atoms with E-state index >= 15 is 0 Å². The number of nitrogens with zero attached hydrogens (tertiary/aromatic N) is 2. The van der Waals surface area contributed by atoms with Crippen LogP contribution in [0.15, 0.2) is 29.3 Å². The SMILES string of the molecule is CC(C)OC(=NC(=O)c1ccccc1F)N1CCCC1. The quantitative estimate of drug-likeness (QED) is 0.617. The van der Waals surface area contributed by atoms with Gasteiger partial charge in [0.1, 0.15) is 5.82 Å². The normalized spacial score (nSPS) is 15.8. The van der Waals surface area contributed by atoms with E-state index in [4.69, 9.17) is 4.74 Å². The molecule has 0 saturated carbocycles. The van der Waals surface area contributed by atoms with Crippen LogP contribution in [-0.2, 0) is 4.74 Å². The van der Waals surface area contributed by atoms with E-state index in [2.05, 4.69) is 4.99 Å². The first-order valence-electron chi connectivity index (χ1n) is 6.87. The van der Waals surface area contributed by atoms with Gasteiger partial charge in [0.25, 0.3) is 11.9 Å². The zero-order valence-electron chi connectivity index (χ0n) is 11.8. The van der Waals surface area contributed by atoms with E-state index in [1.807, 2.05) is 18.7 Å². The zero-order chi connectivity index (χ0) is 14.5. The third kappa shape index (κ3) is 3.56. The van der Waals surface area contributed by atoms with Crippen LogP contribution < -0.4 is 0 Å². The number of ether oxygens (including phenoxy) is 1. The minimum absolute atomic E-state index is 0.0310. The van der Waals surface area contributed by atoms with E-state index in [0.29, 0.717) is 6.02 Å². The van der Waals surface area contributed by atoms with Gasteiger partial charge in [-0.05, 0) is 38.8 Å². The molecule has 108 valence electrons. The second-order valence-electron chi connectivity index (χ2n) is 5.04. The second kappa shape index (κ2) is 6.50. The Kier molecular flexibility index (Phi) is 4.71. The Balaban J connectivity index is 2.23. The molecule has 0 bridgehead atoms. The minimum atomic E-state index is -0.606. The molecular formula is C15H19FN2O2. The van der Waals surface area contributed by atoms with Crippen molar-refractivity contribution in [1.82, 2.24) is 4.90 Å². The first-order valence-corrected chi connectivity index (χ1v) is 6.87. The molecule has 1 aromatic rings. The Morgan fingerprint density at radius 3 is 2.55 bits per heavy atom. The molecule has 0 aromatic heterocycles. The smallest absolute Gasteiger partial charge is 0.295 e. The van der Waals surface area contributed by atoms with E-state index in [-0.39, 0.29) is 11.7 Å². The number of amides is 1. The fourth-order valence-electron chi connectivity index (χ4n) is 2.07. The van der Waals surface area contributed by atoms with Crippen LogP contribution in [0.25, 0.3) is 0 Å².